The molecule has 1 rings (SSSR count). The molecule has 0 unspecified atom stereocenters. The second-order valence-electron chi connectivity index (χ2n) is 4.13. The molecule has 1 N–H and O–H groups in total. The third-order valence-electron chi connectivity index (χ3n) is 2.12. The smallest absolute Gasteiger partial charge is 0.253 e. The molecule has 0 bridgehead atoms. The molecule has 0 aliphatic carbocycles. The van der Waals surface area contributed by atoms with Crippen LogP contribution >= 0.6 is 0 Å². The number of aliphatic hydroxyl groups excluding tert-OH is 1. The molecule has 0 aromatic heterocycles. The summed E-state index contributed by atoms with van der Waals surface area (Å²) < 4.78 is 0. The van der Waals surface area contributed by atoms with Crippen molar-refractivity contribution in [3.8, 4) is 0 Å². The van der Waals surface area contributed by atoms with Gasteiger partial charge in [0.15, 0.2) is 0 Å². The van der Waals surface area contributed by atoms with Gasteiger partial charge in [-0.3, -0.25) is 4.79 Å². The van der Waals surface area contributed by atoms with Crippen molar-refractivity contribution in [3.63, 3.8) is 0 Å². The van der Waals surface area contributed by atoms with Crippen LogP contribution in [0.15, 0.2) is 11.3 Å². The van der Waals surface area contributed by atoms with E-state index in [2.05, 4.69) is 0 Å². The van der Waals surface area contributed by atoms with Crippen LogP contribution < -0.4 is 0 Å². The van der Waals surface area contributed by atoms with Gasteiger partial charge < -0.3 is 10.0 Å². The van der Waals surface area contributed by atoms with Crippen LogP contribution in [0.25, 0.3) is 0 Å². The number of amides is 1. The molecule has 0 saturated heterocycles. The molecule has 0 aromatic carbocycles. The zero-order chi connectivity index (χ0) is 9.52. The summed E-state index contributed by atoms with van der Waals surface area (Å²) in [5.41, 5.74) is 0.271. The van der Waals surface area contributed by atoms with Gasteiger partial charge in [-0.2, -0.15) is 0 Å². The van der Waals surface area contributed by atoms with E-state index in [1.807, 2.05) is 20.8 Å². The fourth-order valence-corrected chi connectivity index (χ4v) is 1.21. The van der Waals surface area contributed by atoms with Crippen LogP contribution in [0.4, 0.5) is 0 Å². The summed E-state index contributed by atoms with van der Waals surface area (Å²) in [6, 6.07) is 0. The third-order valence-corrected chi connectivity index (χ3v) is 2.12. The molecule has 1 amide bonds. The van der Waals surface area contributed by atoms with Gasteiger partial charge in [0.2, 0.25) is 0 Å². The summed E-state index contributed by atoms with van der Waals surface area (Å²) in [4.78, 5) is 13.1. The van der Waals surface area contributed by atoms with E-state index in [1.54, 1.807) is 11.8 Å². The van der Waals surface area contributed by atoms with Crippen molar-refractivity contribution in [2.75, 3.05) is 6.54 Å². The highest BCUT2D eigenvalue weighted by Crippen LogP contribution is 2.24. The second kappa shape index (κ2) is 2.51. The van der Waals surface area contributed by atoms with Crippen molar-refractivity contribution in [3.05, 3.63) is 11.3 Å². The molecule has 0 spiro atoms. The zero-order valence-corrected chi connectivity index (χ0v) is 8.01. The number of hydrogen-bond donors (Lipinski definition) is 1. The highest BCUT2D eigenvalue weighted by atomic mass is 16.3. The number of nitrogens with zero attached hydrogens (tertiary/aromatic N) is 1. The number of carbonyl (C=O) groups excluding carboxylic acids is 1. The summed E-state index contributed by atoms with van der Waals surface area (Å²) >= 11 is 0. The summed E-state index contributed by atoms with van der Waals surface area (Å²) in [5, 5.41) is 9.32. The van der Waals surface area contributed by atoms with Crippen LogP contribution in [0.2, 0.25) is 0 Å². The summed E-state index contributed by atoms with van der Waals surface area (Å²) in [6.07, 6.45) is 0. The quantitative estimate of drug-likeness (QED) is 0.596. The molecule has 12 heavy (non-hydrogen) atoms. The Morgan fingerprint density at radius 2 is 1.92 bits per heavy atom. The molecule has 1 aliphatic rings. The number of rotatable bonds is 0. The van der Waals surface area contributed by atoms with Crippen LogP contribution in [0.3, 0.4) is 0 Å². The highest BCUT2D eigenvalue weighted by Gasteiger charge is 2.34. The molecule has 0 saturated carbocycles. The lowest BCUT2D eigenvalue weighted by Gasteiger charge is -2.31. The predicted molar refractivity (Wildman–Crippen MR) is 46.8 cm³/mol. The minimum absolute atomic E-state index is 0.0556. The van der Waals surface area contributed by atoms with Crippen LogP contribution in [-0.2, 0) is 4.79 Å². The molecule has 3 nitrogen and oxygen atoms in total. The number of aliphatic hydroxyl groups is 1. The molecule has 68 valence electrons. The molecule has 0 fully saturated rings. The molecule has 1 aliphatic heterocycles. The summed E-state index contributed by atoms with van der Waals surface area (Å²) in [7, 11) is 0. The Morgan fingerprint density at radius 1 is 1.42 bits per heavy atom. The van der Waals surface area contributed by atoms with Crippen molar-refractivity contribution in [1.29, 1.82) is 0 Å². The minimum atomic E-state index is -0.206. The average Bonchev–Trinajstić information content (AvgIpc) is 2.15. The van der Waals surface area contributed by atoms with E-state index in [0.717, 1.165) is 0 Å². The van der Waals surface area contributed by atoms with Crippen molar-refractivity contribution in [2.24, 2.45) is 0 Å². The van der Waals surface area contributed by atoms with Gasteiger partial charge in [-0.05, 0) is 27.7 Å². The lowest BCUT2D eigenvalue weighted by atomic mass is 10.1. The topological polar surface area (TPSA) is 40.5 Å². The largest absolute Gasteiger partial charge is 0.510 e. The van der Waals surface area contributed by atoms with E-state index >= 15 is 0 Å². The van der Waals surface area contributed by atoms with Crippen LogP contribution in [0, 0.1) is 0 Å². The first kappa shape index (κ1) is 9.10. The van der Waals surface area contributed by atoms with Crippen LogP contribution in [-0.4, -0.2) is 28.0 Å². The predicted octanol–water partition coefficient (Wildman–Crippen LogP) is 1.46. The molecule has 1 heterocycles. The molecule has 3 heteroatoms. The van der Waals surface area contributed by atoms with Crippen molar-refractivity contribution < 1.29 is 9.90 Å². The van der Waals surface area contributed by atoms with Crippen molar-refractivity contribution >= 4 is 5.91 Å². The summed E-state index contributed by atoms with van der Waals surface area (Å²) in [5.74, 6) is 0.148. The zero-order valence-electron chi connectivity index (χ0n) is 8.01. The van der Waals surface area contributed by atoms with Gasteiger partial charge in [0.25, 0.3) is 5.91 Å². The third kappa shape index (κ3) is 1.31. The maximum Gasteiger partial charge on any atom is 0.253 e. The first-order valence-electron chi connectivity index (χ1n) is 4.04. The van der Waals surface area contributed by atoms with E-state index in [0.29, 0.717) is 12.1 Å². The monoisotopic (exact) mass is 169 g/mol. The van der Waals surface area contributed by atoms with Gasteiger partial charge in [0, 0.05) is 5.54 Å². The first-order chi connectivity index (χ1) is 5.34. The molecule has 0 atom stereocenters. The number of hydrogen-bond acceptors (Lipinski definition) is 2. The fourth-order valence-electron chi connectivity index (χ4n) is 1.21. The molecule has 0 radical (unpaired) electrons. The Morgan fingerprint density at radius 3 is 2.08 bits per heavy atom. The van der Waals surface area contributed by atoms with Gasteiger partial charge in [-0.25, -0.2) is 0 Å². The van der Waals surface area contributed by atoms with E-state index in [4.69, 9.17) is 0 Å². The Kier molecular flexibility index (Phi) is 1.90. The van der Waals surface area contributed by atoms with Gasteiger partial charge >= 0.3 is 0 Å². The Bertz CT molecular complexity index is 248. The molecular formula is C9H15NO2. The van der Waals surface area contributed by atoms with Crippen molar-refractivity contribution in [1.82, 2.24) is 4.90 Å². The summed E-state index contributed by atoms with van der Waals surface area (Å²) in [6.45, 7) is 7.88. The first-order valence-corrected chi connectivity index (χ1v) is 4.04. The Labute approximate surface area is 72.7 Å². The van der Waals surface area contributed by atoms with Crippen LogP contribution in [0.1, 0.15) is 27.7 Å². The molecular weight excluding hydrogens is 154 g/mol. The van der Waals surface area contributed by atoms with Gasteiger partial charge in [0.05, 0.1) is 12.1 Å². The Balaban J connectivity index is 2.88. The SMILES string of the molecule is CC1=C(O)CN(C(C)(C)C)C1=O. The van der Waals surface area contributed by atoms with E-state index in [9.17, 15) is 9.90 Å². The van der Waals surface area contributed by atoms with Crippen molar-refractivity contribution in [2.45, 2.75) is 33.2 Å². The van der Waals surface area contributed by atoms with Gasteiger partial charge in [-0.1, -0.05) is 0 Å². The lowest BCUT2D eigenvalue weighted by molar-refractivity contribution is -0.129. The molecule has 0 aromatic rings. The van der Waals surface area contributed by atoms with Crippen LogP contribution in [0.5, 0.6) is 0 Å². The van der Waals surface area contributed by atoms with E-state index in [1.165, 1.54) is 0 Å². The maximum atomic E-state index is 11.5. The highest BCUT2D eigenvalue weighted by molar-refractivity contribution is 5.96. The van der Waals surface area contributed by atoms with Gasteiger partial charge in [0.1, 0.15) is 5.76 Å². The van der Waals surface area contributed by atoms with E-state index in [-0.39, 0.29) is 17.2 Å². The minimum Gasteiger partial charge on any atom is -0.510 e. The normalized spacial score (nSPS) is 19.3. The average molecular weight is 169 g/mol. The Hall–Kier alpha value is -0.990. The second-order valence-corrected chi connectivity index (χ2v) is 4.13. The van der Waals surface area contributed by atoms with E-state index < -0.39 is 0 Å². The maximum absolute atomic E-state index is 11.5. The number of carbonyl (C=O) groups is 1. The fraction of sp³-hybridized carbons (Fsp3) is 0.667. The van der Waals surface area contributed by atoms with Gasteiger partial charge in [-0.15, -0.1) is 0 Å². The standard InChI is InChI=1S/C9H15NO2/c1-6-7(11)5-10(8(6)12)9(2,3)4/h11H,5H2,1-4H3. The lowest BCUT2D eigenvalue weighted by Crippen LogP contribution is -2.43.